The van der Waals surface area contributed by atoms with Crippen molar-refractivity contribution < 1.29 is 28.7 Å². The van der Waals surface area contributed by atoms with Crippen molar-refractivity contribution in [2.75, 3.05) is 38.1 Å². The number of amides is 4. The molecule has 0 spiro atoms. The molecule has 0 saturated carbocycles. The second-order valence-electron chi connectivity index (χ2n) is 14.3. The number of halogens is 1. The minimum atomic E-state index is -1.03. The number of anilines is 2. The summed E-state index contributed by atoms with van der Waals surface area (Å²) < 4.78 is 13.0. The molecule has 0 radical (unpaired) electrons. The van der Waals surface area contributed by atoms with Crippen LogP contribution in [0.15, 0.2) is 132 Å². The molecule has 14 heteroatoms. The fraction of sp³-hybridized carbons (Fsp3) is 0.239. The molecule has 0 saturated heterocycles. The van der Waals surface area contributed by atoms with Crippen molar-refractivity contribution in [1.29, 1.82) is 0 Å². The summed E-state index contributed by atoms with van der Waals surface area (Å²) in [6.45, 7) is 0.903. The molecule has 1 heterocycles. The molecule has 6 rings (SSSR count). The van der Waals surface area contributed by atoms with Gasteiger partial charge in [0.05, 0.1) is 25.3 Å². The molecule has 0 aliphatic heterocycles. The van der Waals surface area contributed by atoms with Gasteiger partial charge in [0.25, 0.3) is 0 Å². The average molecular weight is 831 g/mol. The van der Waals surface area contributed by atoms with E-state index in [-0.39, 0.29) is 18.2 Å². The Balaban J connectivity index is 1.26. The molecule has 2 N–H and O–H groups in total. The van der Waals surface area contributed by atoms with Crippen LogP contribution in [-0.2, 0) is 38.7 Å². The lowest BCUT2D eigenvalue weighted by atomic mass is 9.92. The summed E-state index contributed by atoms with van der Waals surface area (Å²) in [6, 6.07) is 35.3. The highest BCUT2D eigenvalue weighted by molar-refractivity contribution is 6.31. The molecule has 0 aliphatic carbocycles. The number of hydrogen-bond donors (Lipinski definition) is 2. The molecule has 13 nitrogen and oxygen atoms in total. The lowest BCUT2D eigenvalue weighted by molar-refractivity contribution is -0.128. The van der Waals surface area contributed by atoms with Gasteiger partial charge in [0, 0.05) is 42.8 Å². The van der Waals surface area contributed by atoms with Gasteiger partial charge >= 0.3 is 5.69 Å². The maximum absolute atomic E-state index is 14.2. The van der Waals surface area contributed by atoms with Gasteiger partial charge in [-0.1, -0.05) is 79.2 Å². The number of aromatic nitrogens is 2. The molecule has 3 atom stereocenters. The quantitative estimate of drug-likeness (QED) is 0.125. The fourth-order valence-corrected chi connectivity index (χ4v) is 7.22. The van der Waals surface area contributed by atoms with Crippen LogP contribution in [0, 0.1) is 0 Å². The summed E-state index contributed by atoms with van der Waals surface area (Å²) >= 11 is 6.41. The summed E-state index contributed by atoms with van der Waals surface area (Å²) in [5, 5.41) is 6.07. The lowest BCUT2D eigenvalue weighted by Gasteiger charge is -2.29. The molecule has 0 fully saturated rings. The minimum Gasteiger partial charge on any atom is -0.497 e. The van der Waals surface area contributed by atoms with Gasteiger partial charge in [-0.3, -0.25) is 28.3 Å². The normalized spacial score (nSPS) is 12.5. The Morgan fingerprint density at radius 1 is 0.650 bits per heavy atom. The number of carbonyl (C=O) groups is 4. The third kappa shape index (κ3) is 9.87. The van der Waals surface area contributed by atoms with E-state index >= 15 is 0 Å². The molecule has 0 unspecified atom stereocenters. The van der Waals surface area contributed by atoms with E-state index in [1.54, 1.807) is 89.0 Å². The standard InChI is InChI=1S/C46H47ClN6O7/c1-30(32-14-10-7-11-15-32)43(45(57)51(3)35-19-23-37(60-5)24-20-35)49-42(55)29-53-40-27-33(47)16-25-39(40)52(46(53)58)28-41(54)48-38(26-31-12-8-6-9-13-31)44(56)50(2)34-17-21-36(59-4)22-18-34/h6-25,27,30,38,43H,26,28-29H2,1-5H3,(H,48,54)(H,49,55)/t30-,38+,43+/m1/s1. The van der Waals surface area contributed by atoms with E-state index < -0.39 is 48.6 Å². The summed E-state index contributed by atoms with van der Waals surface area (Å²) in [5.74, 6) is -1.17. The zero-order valence-corrected chi connectivity index (χ0v) is 34.8. The van der Waals surface area contributed by atoms with E-state index in [2.05, 4.69) is 10.6 Å². The third-order valence-corrected chi connectivity index (χ3v) is 10.7. The number of carbonyl (C=O) groups excluding carboxylic acids is 4. The molecule has 310 valence electrons. The van der Waals surface area contributed by atoms with E-state index in [0.29, 0.717) is 38.9 Å². The summed E-state index contributed by atoms with van der Waals surface area (Å²) in [4.78, 5) is 73.1. The summed E-state index contributed by atoms with van der Waals surface area (Å²) in [5.41, 5.74) is 2.82. The van der Waals surface area contributed by atoms with Crippen molar-refractivity contribution in [1.82, 2.24) is 19.8 Å². The molecule has 60 heavy (non-hydrogen) atoms. The predicted molar refractivity (Wildman–Crippen MR) is 233 cm³/mol. The predicted octanol–water partition coefficient (Wildman–Crippen LogP) is 5.82. The van der Waals surface area contributed by atoms with Crippen LogP contribution in [0.3, 0.4) is 0 Å². The number of ether oxygens (including phenoxy) is 2. The van der Waals surface area contributed by atoms with Crippen LogP contribution in [0.2, 0.25) is 5.02 Å². The van der Waals surface area contributed by atoms with E-state index in [1.165, 1.54) is 25.0 Å². The third-order valence-electron chi connectivity index (χ3n) is 10.5. The zero-order chi connectivity index (χ0) is 42.9. The highest BCUT2D eigenvalue weighted by Crippen LogP contribution is 2.25. The van der Waals surface area contributed by atoms with Gasteiger partial charge in [-0.2, -0.15) is 0 Å². The topological polar surface area (TPSA) is 144 Å². The first kappa shape index (κ1) is 42.7. The van der Waals surface area contributed by atoms with Crippen LogP contribution in [-0.4, -0.2) is 73.2 Å². The molecular formula is C46H47ClN6O7. The van der Waals surface area contributed by atoms with Crippen molar-refractivity contribution in [3.8, 4) is 11.5 Å². The average Bonchev–Trinajstić information content (AvgIpc) is 3.52. The van der Waals surface area contributed by atoms with Crippen LogP contribution < -0.4 is 35.6 Å². The Hall–Kier alpha value is -6.86. The zero-order valence-electron chi connectivity index (χ0n) is 34.0. The Morgan fingerprint density at radius 2 is 1.15 bits per heavy atom. The highest BCUT2D eigenvalue weighted by Gasteiger charge is 2.32. The Morgan fingerprint density at radius 3 is 1.70 bits per heavy atom. The number of nitrogens with one attached hydrogen (secondary N) is 2. The van der Waals surface area contributed by atoms with Crippen molar-refractivity contribution in [2.24, 2.45) is 0 Å². The van der Waals surface area contributed by atoms with Crippen LogP contribution in [0.4, 0.5) is 11.4 Å². The molecule has 1 aromatic heterocycles. The first-order valence-corrected chi connectivity index (χ1v) is 19.7. The molecule has 0 bridgehead atoms. The minimum absolute atomic E-state index is 0.188. The van der Waals surface area contributed by atoms with E-state index in [4.69, 9.17) is 21.1 Å². The van der Waals surface area contributed by atoms with E-state index in [0.717, 1.165) is 11.1 Å². The Kier molecular flexibility index (Phi) is 13.7. The molecule has 5 aromatic carbocycles. The number of benzene rings is 5. The van der Waals surface area contributed by atoms with Gasteiger partial charge in [0.15, 0.2) is 0 Å². The van der Waals surface area contributed by atoms with Gasteiger partial charge in [-0.15, -0.1) is 0 Å². The van der Waals surface area contributed by atoms with Gasteiger partial charge < -0.3 is 29.9 Å². The maximum atomic E-state index is 14.2. The lowest BCUT2D eigenvalue weighted by Crippen LogP contribution is -2.51. The van der Waals surface area contributed by atoms with Crippen molar-refractivity contribution >= 4 is 57.6 Å². The Bertz CT molecular complexity index is 2510. The van der Waals surface area contributed by atoms with E-state index in [9.17, 15) is 24.0 Å². The first-order valence-electron chi connectivity index (χ1n) is 19.3. The van der Waals surface area contributed by atoms with Gasteiger partial charge in [0.1, 0.15) is 36.7 Å². The summed E-state index contributed by atoms with van der Waals surface area (Å²) in [6.07, 6.45) is 0.188. The maximum Gasteiger partial charge on any atom is 0.330 e. The monoisotopic (exact) mass is 830 g/mol. The SMILES string of the molecule is COc1ccc(N(C)C(=O)[C@H](Cc2ccccc2)NC(=O)Cn2c(=O)n(CC(=O)N[C@H](C(=O)N(C)c3ccc(OC)cc3)[C@H](C)c3ccccc3)c3cc(Cl)ccc32)cc1. The number of rotatable bonds is 16. The largest absolute Gasteiger partial charge is 0.497 e. The number of nitrogens with zero attached hydrogens (tertiary/aromatic N) is 4. The Labute approximate surface area is 353 Å². The molecule has 4 amide bonds. The first-order chi connectivity index (χ1) is 28.9. The van der Waals surface area contributed by atoms with Crippen molar-refractivity contribution in [2.45, 2.75) is 44.4 Å². The number of methoxy groups -OCH3 is 2. The van der Waals surface area contributed by atoms with Crippen LogP contribution in [0.25, 0.3) is 11.0 Å². The van der Waals surface area contributed by atoms with E-state index in [1.807, 2.05) is 67.6 Å². The number of imidazole rings is 1. The number of fused-ring (bicyclic) bond motifs is 1. The van der Waals surface area contributed by atoms with Crippen LogP contribution in [0.1, 0.15) is 24.0 Å². The smallest absolute Gasteiger partial charge is 0.330 e. The van der Waals surface area contributed by atoms with Crippen molar-refractivity contribution in [3.63, 3.8) is 0 Å². The number of hydrogen-bond acceptors (Lipinski definition) is 7. The molecular weight excluding hydrogens is 784 g/mol. The molecule has 0 aliphatic rings. The van der Waals surface area contributed by atoms with Gasteiger partial charge in [0.2, 0.25) is 23.6 Å². The van der Waals surface area contributed by atoms with Crippen molar-refractivity contribution in [3.05, 3.63) is 154 Å². The second kappa shape index (κ2) is 19.3. The van der Waals surface area contributed by atoms with Crippen LogP contribution >= 0.6 is 11.6 Å². The van der Waals surface area contributed by atoms with Gasteiger partial charge in [-0.05, 0) is 77.9 Å². The highest BCUT2D eigenvalue weighted by atomic mass is 35.5. The molecule has 6 aromatic rings. The van der Waals surface area contributed by atoms with Crippen LogP contribution in [0.5, 0.6) is 11.5 Å². The van der Waals surface area contributed by atoms with Gasteiger partial charge in [-0.25, -0.2) is 4.79 Å². The fourth-order valence-electron chi connectivity index (χ4n) is 7.05. The second-order valence-corrected chi connectivity index (χ2v) is 14.8. The number of likely N-dealkylation sites (N-methyl/N-ethyl adjacent to an activating group) is 2. The summed E-state index contributed by atoms with van der Waals surface area (Å²) in [7, 11) is 6.36.